The molecule has 10 heteroatoms. The molecule has 1 rings (SSSR count). The van der Waals surface area contributed by atoms with Crippen LogP contribution in [0.25, 0.3) is 0 Å². The molecular weight excluding hydrogens is 599 g/mol. The molecule has 1 atom stereocenters. The van der Waals surface area contributed by atoms with Gasteiger partial charge in [-0.05, 0) is 69.6 Å². The fraction of sp³-hybridized carbons (Fsp3) is 0.389. The fourth-order valence-electron chi connectivity index (χ4n) is 3.96. The second-order valence-electron chi connectivity index (χ2n) is 10.2. The van der Waals surface area contributed by atoms with Crippen molar-refractivity contribution in [3.63, 3.8) is 0 Å². The molecule has 0 saturated heterocycles. The molecule has 0 radical (unpaired) electrons. The van der Waals surface area contributed by atoms with Crippen molar-refractivity contribution >= 4 is 23.6 Å². The molecule has 0 aromatic heterocycles. The van der Waals surface area contributed by atoms with Gasteiger partial charge in [0.25, 0.3) is 0 Å². The Morgan fingerprint density at radius 3 is 1.76 bits per heavy atom. The van der Waals surface area contributed by atoms with Gasteiger partial charge in [-0.1, -0.05) is 79.8 Å². The number of carboxylic acids is 1. The summed E-state index contributed by atoms with van der Waals surface area (Å²) in [7, 11) is 0. The summed E-state index contributed by atoms with van der Waals surface area (Å²) < 4.78 is 43.9. The van der Waals surface area contributed by atoms with E-state index in [0.29, 0.717) is 25.0 Å². The lowest BCUT2D eigenvalue weighted by atomic mass is 10.0. The number of amides is 1. The zero-order valence-electron chi connectivity index (χ0n) is 26.4. The predicted molar refractivity (Wildman–Crippen MR) is 173 cm³/mol. The van der Waals surface area contributed by atoms with Crippen LogP contribution in [0.4, 0.5) is 13.2 Å². The Labute approximate surface area is 269 Å². The van der Waals surface area contributed by atoms with Gasteiger partial charge in [0.1, 0.15) is 11.8 Å². The monoisotopic (exact) mass is 643 g/mol. The number of nitrogens with one attached hydrogen (secondary N) is 1. The van der Waals surface area contributed by atoms with Crippen LogP contribution in [0.3, 0.4) is 0 Å². The average molecular weight is 644 g/mol. The molecule has 1 unspecified atom stereocenters. The minimum absolute atomic E-state index is 0.0371. The normalized spacial score (nSPS) is 13.2. The summed E-state index contributed by atoms with van der Waals surface area (Å²) in [6, 6.07) is 0.712. The van der Waals surface area contributed by atoms with Gasteiger partial charge < -0.3 is 15.2 Å². The Hall–Kier alpha value is -4.47. The van der Waals surface area contributed by atoms with Crippen molar-refractivity contribution < 1.29 is 42.2 Å². The van der Waals surface area contributed by atoms with Crippen molar-refractivity contribution in [1.82, 2.24) is 5.32 Å². The third-order valence-electron chi connectivity index (χ3n) is 6.29. The van der Waals surface area contributed by atoms with E-state index in [9.17, 15) is 37.5 Å². The van der Waals surface area contributed by atoms with Gasteiger partial charge >= 0.3 is 18.1 Å². The number of esters is 1. The Balaban J connectivity index is 2.40. The first kappa shape index (κ1) is 39.6. The highest BCUT2D eigenvalue weighted by Crippen LogP contribution is 2.33. The maximum atomic E-state index is 13.0. The topological polar surface area (TPSA) is 110 Å². The van der Waals surface area contributed by atoms with Crippen LogP contribution in [-0.4, -0.2) is 34.8 Å². The molecule has 0 fully saturated rings. The van der Waals surface area contributed by atoms with Crippen molar-refractivity contribution in [2.75, 3.05) is 0 Å². The van der Waals surface area contributed by atoms with E-state index in [4.69, 9.17) is 4.74 Å². The van der Waals surface area contributed by atoms with Crippen molar-refractivity contribution in [2.24, 2.45) is 0 Å². The molecule has 0 aliphatic carbocycles. The lowest BCUT2D eigenvalue weighted by Gasteiger charge is -2.15. The molecule has 0 aliphatic rings. The summed E-state index contributed by atoms with van der Waals surface area (Å²) in [5.74, 6) is -4.10. The van der Waals surface area contributed by atoms with Crippen LogP contribution >= 0.6 is 0 Å². The van der Waals surface area contributed by atoms with Gasteiger partial charge in [-0.25, -0.2) is 4.79 Å². The Kier molecular flexibility index (Phi) is 19.7. The number of ketones is 1. The Morgan fingerprint density at radius 1 is 0.804 bits per heavy atom. The highest BCUT2D eigenvalue weighted by molar-refractivity contribution is 5.99. The smallest absolute Gasteiger partial charge is 0.416 e. The zero-order valence-corrected chi connectivity index (χ0v) is 26.4. The molecule has 1 amide bonds. The van der Waals surface area contributed by atoms with Crippen LogP contribution in [0.5, 0.6) is 5.75 Å². The van der Waals surface area contributed by atoms with Gasteiger partial charge in [0.2, 0.25) is 5.91 Å². The lowest BCUT2D eigenvalue weighted by molar-refractivity contribution is -0.142. The van der Waals surface area contributed by atoms with E-state index in [-0.39, 0.29) is 18.4 Å². The highest BCUT2D eigenvalue weighted by Gasteiger charge is 2.32. The number of hydrogen-bond donors (Lipinski definition) is 2. The Morgan fingerprint density at radius 2 is 1.30 bits per heavy atom. The third kappa shape index (κ3) is 18.4. The standard InChI is InChI=1S/C36H44F3NO6/c1-3-4-5-6-7-8-9-10-11-12-13-14-15-16-17-18-19-20-21-22-34(43)40-31(35(44)45)25-26-32(42)30-24-23-29(36(37,38)39)27-33(30)46-28(2)41/h4-5,7-8,10-11,13-14,16-17,19-20,23-24,27,31H,3,6,9,12,15,18,21-22,25-26H2,1-2H3,(H,40,43)(H,44,45)/b5-4-,8-7-,11-10-,14-13-,17-16-,20-19-. The second-order valence-corrected chi connectivity index (χ2v) is 10.2. The van der Waals surface area contributed by atoms with Gasteiger partial charge in [0.05, 0.1) is 11.1 Å². The highest BCUT2D eigenvalue weighted by atomic mass is 19.4. The van der Waals surface area contributed by atoms with Gasteiger partial charge in [0.15, 0.2) is 5.78 Å². The van der Waals surface area contributed by atoms with Crippen molar-refractivity contribution in [2.45, 2.75) is 90.3 Å². The number of aliphatic carboxylic acids is 1. The first-order valence-electron chi connectivity index (χ1n) is 15.3. The largest absolute Gasteiger partial charge is 0.480 e. The number of hydrogen-bond acceptors (Lipinski definition) is 5. The van der Waals surface area contributed by atoms with E-state index in [0.717, 1.165) is 45.1 Å². The molecule has 0 spiro atoms. The third-order valence-corrected chi connectivity index (χ3v) is 6.29. The minimum atomic E-state index is -4.72. The summed E-state index contributed by atoms with van der Waals surface area (Å²) in [6.45, 7) is 3.09. The zero-order chi connectivity index (χ0) is 34.2. The summed E-state index contributed by atoms with van der Waals surface area (Å²) in [6.07, 6.45) is 25.2. The van der Waals surface area contributed by atoms with E-state index in [2.05, 4.69) is 60.8 Å². The molecular formula is C36H44F3NO6. The van der Waals surface area contributed by atoms with Gasteiger partial charge in [-0.15, -0.1) is 0 Å². The number of ether oxygens (including phenoxy) is 1. The van der Waals surface area contributed by atoms with Crippen LogP contribution in [0.1, 0.15) is 94.0 Å². The van der Waals surface area contributed by atoms with Crippen molar-refractivity contribution in [1.29, 1.82) is 0 Å². The van der Waals surface area contributed by atoms with E-state index in [1.165, 1.54) is 0 Å². The van der Waals surface area contributed by atoms with Crippen molar-refractivity contribution in [3.8, 4) is 5.75 Å². The fourth-order valence-corrected chi connectivity index (χ4v) is 3.96. The predicted octanol–water partition coefficient (Wildman–Crippen LogP) is 8.64. The number of alkyl halides is 3. The minimum Gasteiger partial charge on any atom is -0.480 e. The van der Waals surface area contributed by atoms with Crippen LogP contribution in [0.15, 0.2) is 91.1 Å². The second kappa shape index (κ2) is 23.0. The van der Waals surface area contributed by atoms with Crippen LogP contribution in [0, 0.1) is 0 Å². The number of carbonyl (C=O) groups excluding carboxylic acids is 3. The number of allylic oxidation sites excluding steroid dienone is 12. The van der Waals surface area contributed by atoms with E-state index in [1.807, 2.05) is 24.3 Å². The first-order valence-corrected chi connectivity index (χ1v) is 15.3. The first-order chi connectivity index (χ1) is 22.0. The van der Waals surface area contributed by atoms with E-state index in [1.54, 1.807) is 0 Å². The van der Waals surface area contributed by atoms with Crippen molar-refractivity contribution in [3.05, 3.63) is 102 Å². The maximum absolute atomic E-state index is 13.0. The number of carboxylic acid groups (broad SMARTS) is 1. The summed E-state index contributed by atoms with van der Waals surface area (Å²) >= 11 is 0. The molecule has 250 valence electrons. The van der Waals surface area contributed by atoms with Gasteiger partial charge in [0, 0.05) is 19.8 Å². The number of rotatable bonds is 21. The molecule has 0 aliphatic heterocycles. The number of Topliss-reactive ketones (excluding diaryl/α,β-unsaturated/α-hetero) is 1. The van der Waals surface area contributed by atoms with Crippen LogP contribution in [0.2, 0.25) is 0 Å². The van der Waals surface area contributed by atoms with E-state index >= 15 is 0 Å². The molecule has 1 aromatic carbocycles. The molecule has 0 bridgehead atoms. The number of halogens is 3. The molecule has 0 saturated carbocycles. The number of benzene rings is 1. The molecule has 2 N–H and O–H groups in total. The quantitative estimate of drug-likeness (QED) is 0.0601. The molecule has 1 aromatic rings. The van der Waals surface area contributed by atoms with Gasteiger partial charge in [-0.2, -0.15) is 13.2 Å². The lowest BCUT2D eigenvalue weighted by Crippen LogP contribution is -2.41. The molecule has 7 nitrogen and oxygen atoms in total. The number of carbonyl (C=O) groups is 4. The van der Waals surface area contributed by atoms with E-state index < -0.39 is 53.6 Å². The SMILES string of the molecule is CC/C=C\C/C=C\C/C=C\C/C=C\C/C=C\C/C=C\CCC(=O)NC(CCC(=O)c1ccc(C(F)(F)F)cc1OC(C)=O)C(=O)O. The van der Waals surface area contributed by atoms with Gasteiger partial charge in [-0.3, -0.25) is 14.4 Å². The Bertz CT molecular complexity index is 1310. The summed E-state index contributed by atoms with van der Waals surface area (Å²) in [4.78, 5) is 47.9. The summed E-state index contributed by atoms with van der Waals surface area (Å²) in [5, 5.41) is 11.9. The summed E-state index contributed by atoms with van der Waals surface area (Å²) in [5.41, 5.74) is -1.40. The molecule has 46 heavy (non-hydrogen) atoms. The van der Waals surface area contributed by atoms with Crippen LogP contribution in [-0.2, 0) is 20.6 Å². The maximum Gasteiger partial charge on any atom is 0.416 e. The van der Waals surface area contributed by atoms with Crippen LogP contribution < -0.4 is 10.1 Å². The average Bonchev–Trinajstić information content (AvgIpc) is 2.99. The molecule has 0 heterocycles.